The van der Waals surface area contributed by atoms with Gasteiger partial charge in [-0.2, -0.15) is 5.26 Å². The van der Waals surface area contributed by atoms with Gasteiger partial charge in [0, 0.05) is 38.8 Å². The van der Waals surface area contributed by atoms with Gasteiger partial charge in [0.2, 0.25) is 11.8 Å². The number of benzene rings is 1. The summed E-state index contributed by atoms with van der Waals surface area (Å²) in [7, 11) is 0. The number of nitrogens with zero attached hydrogens (tertiary/aromatic N) is 3. The zero-order valence-corrected chi connectivity index (χ0v) is 13.4. The Balaban J connectivity index is 1.95. The van der Waals surface area contributed by atoms with Gasteiger partial charge in [-0.15, -0.1) is 0 Å². The number of anilines is 1. The Kier molecular flexibility index (Phi) is 6.03. The Hall–Kier alpha value is -3.20. The lowest BCUT2D eigenvalue weighted by molar-refractivity contribution is -0.121. The fourth-order valence-electron chi connectivity index (χ4n) is 2.26. The highest BCUT2D eigenvalue weighted by Gasteiger charge is 2.16. The summed E-state index contributed by atoms with van der Waals surface area (Å²) in [6.45, 7) is 2.02. The molecule has 0 aliphatic heterocycles. The Morgan fingerprint density at radius 2 is 2.04 bits per heavy atom. The minimum Gasteiger partial charge on any atom is -0.352 e. The molecule has 6 heteroatoms. The van der Waals surface area contributed by atoms with Gasteiger partial charge in [-0.3, -0.25) is 14.6 Å². The van der Waals surface area contributed by atoms with Crippen molar-refractivity contribution >= 4 is 17.5 Å². The summed E-state index contributed by atoms with van der Waals surface area (Å²) in [5.41, 5.74) is 1.83. The van der Waals surface area contributed by atoms with E-state index >= 15 is 0 Å². The molecule has 0 aliphatic rings. The van der Waals surface area contributed by atoms with E-state index < -0.39 is 0 Å². The Labute approximate surface area is 140 Å². The first kappa shape index (κ1) is 17.2. The molecular weight excluding hydrogens is 304 g/mol. The molecule has 0 saturated heterocycles. The second-order valence-corrected chi connectivity index (χ2v) is 5.19. The number of para-hydroxylation sites is 1. The van der Waals surface area contributed by atoms with Crippen LogP contribution in [0.15, 0.2) is 48.8 Å². The molecule has 1 aromatic carbocycles. The highest BCUT2D eigenvalue weighted by Crippen LogP contribution is 2.20. The average molecular weight is 322 g/mol. The second kappa shape index (κ2) is 8.44. The summed E-state index contributed by atoms with van der Waals surface area (Å²) in [4.78, 5) is 29.3. The predicted molar refractivity (Wildman–Crippen MR) is 89.9 cm³/mol. The van der Waals surface area contributed by atoms with Gasteiger partial charge >= 0.3 is 0 Å². The van der Waals surface area contributed by atoms with Gasteiger partial charge in [-0.1, -0.05) is 18.2 Å². The zero-order chi connectivity index (χ0) is 17.4. The van der Waals surface area contributed by atoms with Crippen LogP contribution in [0.1, 0.15) is 24.5 Å². The average Bonchev–Trinajstić information content (AvgIpc) is 2.61. The van der Waals surface area contributed by atoms with E-state index in [-0.39, 0.29) is 24.8 Å². The summed E-state index contributed by atoms with van der Waals surface area (Å²) in [6.07, 6.45) is 3.51. The standard InChI is InChI=1S/C18H18N4O2/c1-14(23)22(17-7-3-2-6-16(17)11-19)10-8-18(24)21-13-15-5-4-9-20-12-15/h2-7,9,12H,8,10,13H2,1H3,(H,21,24). The number of carbonyl (C=O) groups is 2. The van der Waals surface area contributed by atoms with Gasteiger partial charge in [-0.05, 0) is 23.8 Å². The Morgan fingerprint density at radius 3 is 2.71 bits per heavy atom. The molecule has 0 spiro atoms. The maximum atomic E-state index is 12.0. The molecule has 122 valence electrons. The monoisotopic (exact) mass is 322 g/mol. The molecule has 2 rings (SSSR count). The minimum atomic E-state index is -0.210. The van der Waals surface area contributed by atoms with Crippen LogP contribution >= 0.6 is 0 Å². The number of nitriles is 1. The molecule has 0 unspecified atom stereocenters. The van der Waals surface area contributed by atoms with Gasteiger partial charge in [0.15, 0.2) is 0 Å². The maximum Gasteiger partial charge on any atom is 0.223 e. The van der Waals surface area contributed by atoms with Gasteiger partial charge in [0.25, 0.3) is 0 Å². The summed E-state index contributed by atoms with van der Waals surface area (Å²) in [6, 6.07) is 12.6. The first-order valence-corrected chi connectivity index (χ1v) is 7.54. The van der Waals surface area contributed by atoms with E-state index in [9.17, 15) is 9.59 Å². The first-order valence-electron chi connectivity index (χ1n) is 7.54. The maximum absolute atomic E-state index is 12.0. The molecule has 24 heavy (non-hydrogen) atoms. The van der Waals surface area contributed by atoms with Crippen LogP contribution in [0, 0.1) is 11.3 Å². The molecule has 0 radical (unpaired) electrons. The summed E-state index contributed by atoms with van der Waals surface area (Å²) in [5.74, 6) is -0.377. The van der Waals surface area contributed by atoms with Crippen molar-refractivity contribution < 1.29 is 9.59 Å². The van der Waals surface area contributed by atoms with E-state index in [1.807, 2.05) is 6.07 Å². The minimum absolute atomic E-state index is 0.152. The van der Waals surface area contributed by atoms with Gasteiger partial charge in [-0.25, -0.2) is 0 Å². The Bertz CT molecular complexity index is 753. The predicted octanol–water partition coefficient (Wildman–Crippen LogP) is 2.01. The smallest absolute Gasteiger partial charge is 0.223 e. The quantitative estimate of drug-likeness (QED) is 0.881. The van der Waals surface area contributed by atoms with E-state index in [4.69, 9.17) is 5.26 Å². The molecule has 0 bridgehead atoms. The molecule has 0 saturated carbocycles. The molecule has 0 atom stereocenters. The second-order valence-electron chi connectivity index (χ2n) is 5.19. The molecule has 0 aliphatic carbocycles. The van der Waals surface area contributed by atoms with Gasteiger partial charge in [0.1, 0.15) is 6.07 Å². The van der Waals surface area contributed by atoms with Crippen LogP contribution in [-0.2, 0) is 16.1 Å². The van der Waals surface area contributed by atoms with Crippen LogP contribution in [0.5, 0.6) is 0 Å². The fourth-order valence-corrected chi connectivity index (χ4v) is 2.26. The number of hydrogen-bond donors (Lipinski definition) is 1. The number of rotatable bonds is 6. The molecule has 2 amide bonds. The summed E-state index contributed by atoms with van der Waals surface area (Å²) < 4.78 is 0. The molecular formula is C18H18N4O2. The number of hydrogen-bond acceptors (Lipinski definition) is 4. The SMILES string of the molecule is CC(=O)N(CCC(=O)NCc1cccnc1)c1ccccc1C#N. The number of carbonyl (C=O) groups excluding carboxylic acids is 2. The summed E-state index contributed by atoms with van der Waals surface area (Å²) in [5, 5.41) is 12.0. The van der Waals surface area contributed by atoms with E-state index in [0.29, 0.717) is 17.8 Å². The Morgan fingerprint density at radius 1 is 1.25 bits per heavy atom. The lowest BCUT2D eigenvalue weighted by Gasteiger charge is -2.22. The van der Waals surface area contributed by atoms with Crippen LogP contribution in [0.2, 0.25) is 0 Å². The van der Waals surface area contributed by atoms with Crippen LogP contribution in [0.3, 0.4) is 0 Å². The van der Waals surface area contributed by atoms with E-state index in [1.165, 1.54) is 11.8 Å². The largest absolute Gasteiger partial charge is 0.352 e. The van der Waals surface area contributed by atoms with Crippen molar-refractivity contribution in [3.8, 4) is 6.07 Å². The van der Waals surface area contributed by atoms with Crippen molar-refractivity contribution in [2.75, 3.05) is 11.4 Å². The number of aromatic nitrogens is 1. The van der Waals surface area contributed by atoms with Gasteiger partial charge < -0.3 is 10.2 Å². The lowest BCUT2D eigenvalue weighted by atomic mass is 10.1. The molecule has 6 nitrogen and oxygen atoms in total. The number of pyridine rings is 1. The molecule has 0 fully saturated rings. The van der Waals surface area contributed by atoms with Gasteiger partial charge in [0.05, 0.1) is 11.3 Å². The van der Waals surface area contributed by atoms with Crippen LogP contribution in [0.25, 0.3) is 0 Å². The van der Waals surface area contributed by atoms with E-state index in [1.54, 1.807) is 42.7 Å². The van der Waals surface area contributed by atoms with E-state index in [2.05, 4.69) is 16.4 Å². The highest BCUT2D eigenvalue weighted by atomic mass is 16.2. The normalized spacial score (nSPS) is 9.83. The highest BCUT2D eigenvalue weighted by molar-refractivity contribution is 5.93. The lowest BCUT2D eigenvalue weighted by Crippen LogP contribution is -2.34. The van der Waals surface area contributed by atoms with Crippen molar-refractivity contribution in [2.24, 2.45) is 0 Å². The molecule has 1 aromatic heterocycles. The van der Waals surface area contributed by atoms with E-state index in [0.717, 1.165) is 5.56 Å². The van der Waals surface area contributed by atoms with Crippen LogP contribution in [0.4, 0.5) is 5.69 Å². The number of nitrogens with one attached hydrogen (secondary N) is 1. The number of amides is 2. The van der Waals surface area contributed by atoms with Crippen LogP contribution < -0.4 is 10.2 Å². The third-order valence-electron chi connectivity index (χ3n) is 3.47. The van der Waals surface area contributed by atoms with Crippen molar-refractivity contribution in [1.29, 1.82) is 5.26 Å². The third kappa shape index (κ3) is 4.65. The molecule has 1 N–H and O–H groups in total. The van der Waals surface area contributed by atoms with Crippen molar-refractivity contribution in [2.45, 2.75) is 19.9 Å². The molecule has 1 heterocycles. The topological polar surface area (TPSA) is 86.1 Å². The van der Waals surface area contributed by atoms with Crippen molar-refractivity contribution in [3.05, 3.63) is 59.9 Å². The van der Waals surface area contributed by atoms with Crippen molar-refractivity contribution in [1.82, 2.24) is 10.3 Å². The zero-order valence-electron chi connectivity index (χ0n) is 13.4. The van der Waals surface area contributed by atoms with Crippen molar-refractivity contribution in [3.63, 3.8) is 0 Å². The molecule has 2 aromatic rings. The van der Waals surface area contributed by atoms with Crippen LogP contribution in [-0.4, -0.2) is 23.3 Å². The fraction of sp³-hybridized carbons (Fsp3) is 0.222. The summed E-state index contributed by atoms with van der Waals surface area (Å²) >= 11 is 0. The first-order chi connectivity index (χ1) is 11.6. The third-order valence-corrected chi connectivity index (χ3v) is 3.47.